The van der Waals surface area contributed by atoms with Crippen LogP contribution in [0.15, 0.2) is 17.5 Å². The van der Waals surface area contributed by atoms with Crippen molar-refractivity contribution in [2.75, 3.05) is 20.3 Å². The van der Waals surface area contributed by atoms with E-state index in [1.807, 2.05) is 24.4 Å². The highest BCUT2D eigenvalue weighted by atomic mass is 32.1. The summed E-state index contributed by atoms with van der Waals surface area (Å²) in [5.41, 5.74) is -1.04. The van der Waals surface area contributed by atoms with Gasteiger partial charge in [0.05, 0.1) is 6.54 Å². The molecule has 5 nitrogen and oxygen atoms in total. The zero-order chi connectivity index (χ0) is 14.3. The first-order chi connectivity index (χ1) is 8.95. The number of methoxy groups -OCH3 is 1. The molecule has 2 atom stereocenters. The van der Waals surface area contributed by atoms with Gasteiger partial charge in [0.1, 0.15) is 5.60 Å². The van der Waals surface area contributed by atoms with Gasteiger partial charge >= 0.3 is 6.03 Å². The molecule has 108 valence electrons. The summed E-state index contributed by atoms with van der Waals surface area (Å²) in [5.74, 6) is 0. The lowest BCUT2D eigenvalue weighted by Crippen LogP contribution is -2.46. The number of rotatable bonds is 7. The summed E-state index contributed by atoms with van der Waals surface area (Å²) in [6, 6.07) is 3.49. The Morgan fingerprint density at radius 3 is 2.95 bits per heavy atom. The number of hydrogen-bond donors (Lipinski definition) is 3. The number of carbonyl (C=O) groups is 1. The molecule has 0 spiro atoms. The van der Waals surface area contributed by atoms with Crippen LogP contribution in [0.5, 0.6) is 0 Å². The lowest BCUT2D eigenvalue weighted by molar-refractivity contribution is 0.0629. The molecule has 1 aromatic rings. The first-order valence-corrected chi connectivity index (χ1v) is 7.13. The Labute approximate surface area is 118 Å². The minimum absolute atomic E-state index is 0.0339. The fraction of sp³-hybridized carbons (Fsp3) is 0.615. The smallest absolute Gasteiger partial charge is 0.315 e. The summed E-state index contributed by atoms with van der Waals surface area (Å²) in [6.45, 7) is 4.38. The van der Waals surface area contributed by atoms with Crippen LogP contribution >= 0.6 is 11.3 Å². The summed E-state index contributed by atoms with van der Waals surface area (Å²) in [6.07, 6.45) is 0.755. The van der Waals surface area contributed by atoms with E-state index in [0.29, 0.717) is 6.61 Å². The highest BCUT2D eigenvalue weighted by Crippen LogP contribution is 2.24. The van der Waals surface area contributed by atoms with Crippen molar-refractivity contribution in [2.45, 2.75) is 31.9 Å². The maximum Gasteiger partial charge on any atom is 0.315 e. The van der Waals surface area contributed by atoms with Gasteiger partial charge in [-0.2, -0.15) is 0 Å². The summed E-state index contributed by atoms with van der Waals surface area (Å²) in [4.78, 5) is 12.5. The van der Waals surface area contributed by atoms with Gasteiger partial charge in [0, 0.05) is 24.6 Å². The van der Waals surface area contributed by atoms with E-state index in [1.165, 1.54) is 11.3 Å². The third-order valence-corrected chi connectivity index (χ3v) is 3.90. The number of aliphatic hydroxyl groups is 1. The number of thiophene rings is 1. The zero-order valence-electron chi connectivity index (χ0n) is 11.6. The third kappa shape index (κ3) is 5.59. The van der Waals surface area contributed by atoms with Crippen LogP contribution < -0.4 is 10.6 Å². The molecule has 0 bridgehead atoms. The van der Waals surface area contributed by atoms with Crippen molar-refractivity contribution in [1.29, 1.82) is 0 Å². The van der Waals surface area contributed by atoms with E-state index in [-0.39, 0.29) is 18.6 Å². The lowest BCUT2D eigenvalue weighted by atomic mass is 10.1. The highest BCUT2D eigenvalue weighted by Gasteiger charge is 2.24. The summed E-state index contributed by atoms with van der Waals surface area (Å²) < 4.78 is 4.95. The summed E-state index contributed by atoms with van der Waals surface area (Å²) >= 11 is 1.47. The van der Waals surface area contributed by atoms with Crippen LogP contribution in [-0.2, 0) is 10.3 Å². The third-order valence-electron chi connectivity index (χ3n) is 2.78. The molecule has 0 aliphatic carbocycles. The van der Waals surface area contributed by atoms with Gasteiger partial charge < -0.3 is 20.5 Å². The summed E-state index contributed by atoms with van der Waals surface area (Å²) in [5, 5.41) is 17.6. The van der Waals surface area contributed by atoms with E-state index in [4.69, 9.17) is 4.74 Å². The van der Waals surface area contributed by atoms with Crippen molar-refractivity contribution in [3.05, 3.63) is 22.4 Å². The number of ether oxygens (including phenoxy) is 1. The lowest BCUT2D eigenvalue weighted by Gasteiger charge is -2.23. The Hall–Kier alpha value is -1.11. The van der Waals surface area contributed by atoms with Gasteiger partial charge in [0.2, 0.25) is 0 Å². The van der Waals surface area contributed by atoms with Crippen molar-refractivity contribution < 1.29 is 14.6 Å². The molecule has 6 heteroatoms. The molecule has 0 fully saturated rings. The Morgan fingerprint density at radius 1 is 1.63 bits per heavy atom. The molecule has 1 heterocycles. The highest BCUT2D eigenvalue weighted by molar-refractivity contribution is 7.10. The maximum absolute atomic E-state index is 11.7. The molecule has 3 N–H and O–H groups in total. The van der Waals surface area contributed by atoms with Gasteiger partial charge in [-0.1, -0.05) is 6.07 Å². The number of amides is 2. The molecule has 0 saturated carbocycles. The van der Waals surface area contributed by atoms with Crippen LogP contribution in [0.4, 0.5) is 4.79 Å². The van der Waals surface area contributed by atoms with Gasteiger partial charge in [-0.25, -0.2) is 4.79 Å². The Morgan fingerprint density at radius 2 is 2.37 bits per heavy atom. The quantitative estimate of drug-likeness (QED) is 0.714. The topological polar surface area (TPSA) is 70.6 Å². The Kier molecular flexibility index (Phi) is 6.27. The van der Waals surface area contributed by atoms with E-state index in [2.05, 4.69) is 10.6 Å². The molecule has 1 aromatic heterocycles. The zero-order valence-corrected chi connectivity index (χ0v) is 12.4. The molecule has 2 amide bonds. The minimum atomic E-state index is -1.04. The fourth-order valence-corrected chi connectivity index (χ4v) is 2.35. The SMILES string of the molecule is COCC[C@H](C)NC(=O)NC[C@](C)(O)c1cccs1. The molecular formula is C13H22N2O3S. The average Bonchev–Trinajstić information content (AvgIpc) is 2.88. The van der Waals surface area contributed by atoms with Gasteiger partial charge in [0.25, 0.3) is 0 Å². The van der Waals surface area contributed by atoms with E-state index < -0.39 is 5.60 Å². The van der Waals surface area contributed by atoms with Gasteiger partial charge in [0.15, 0.2) is 0 Å². The largest absolute Gasteiger partial charge is 0.385 e. The Balaban J connectivity index is 2.34. The fourth-order valence-electron chi connectivity index (χ4n) is 1.57. The van der Waals surface area contributed by atoms with Crippen molar-refractivity contribution in [3.8, 4) is 0 Å². The summed E-state index contributed by atoms with van der Waals surface area (Å²) in [7, 11) is 1.63. The first-order valence-electron chi connectivity index (χ1n) is 6.25. The van der Waals surface area contributed by atoms with Gasteiger partial charge in [-0.3, -0.25) is 0 Å². The molecule has 0 unspecified atom stereocenters. The predicted molar refractivity (Wildman–Crippen MR) is 76.4 cm³/mol. The minimum Gasteiger partial charge on any atom is -0.385 e. The molecule has 1 rings (SSSR count). The maximum atomic E-state index is 11.7. The van der Waals surface area contributed by atoms with Crippen LogP contribution in [0.3, 0.4) is 0 Å². The first kappa shape index (κ1) is 15.9. The number of nitrogens with one attached hydrogen (secondary N) is 2. The van der Waals surface area contributed by atoms with Crippen molar-refractivity contribution in [3.63, 3.8) is 0 Å². The monoisotopic (exact) mass is 286 g/mol. The van der Waals surface area contributed by atoms with E-state index in [9.17, 15) is 9.90 Å². The molecule has 0 aliphatic rings. The predicted octanol–water partition coefficient (Wildman–Crippen LogP) is 1.68. The Bertz CT molecular complexity index is 379. The molecule has 0 saturated heterocycles. The average molecular weight is 286 g/mol. The van der Waals surface area contributed by atoms with Crippen LogP contribution in [0.25, 0.3) is 0 Å². The van der Waals surface area contributed by atoms with Crippen LogP contribution in [0.2, 0.25) is 0 Å². The van der Waals surface area contributed by atoms with Crippen LogP contribution in [0.1, 0.15) is 25.1 Å². The second-order valence-electron chi connectivity index (χ2n) is 4.76. The van der Waals surface area contributed by atoms with Crippen molar-refractivity contribution >= 4 is 17.4 Å². The van der Waals surface area contributed by atoms with Crippen LogP contribution in [-0.4, -0.2) is 37.4 Å². The van der Waals surface area contributed by atoms with Crippen molar-refractivity contribution in [1.82, 2.24) is 10.6 Å². The standard InChI is InChI=1S/C13H22N2O3S/c1-10(6-7-18-3)15-12(16)14-9-13(2,17)11-5-4-8-19-11/h4-5,8,10,17H,6-7,9H2,1-3H3,(H2,14,15,16)/t10-,13-/m0/s1. The second kappa shape index (κ2) is 7.47. The normalized spacial score (nSPS) is 15.6. The molecule has 0 aliphatic heterocycles. The van der Waals surface area contributed by atoms with Crippen molar-refractivity contribution in [2.24, 2.45) is 0 Å². The van der Waals surface area contributed by atoms with Crippen LogP contribution in [0, 0.1) is 0 Å². The van der Waals surface area contributed by atoms with E-state index in [0.717, 1.165) is 11.3 Å². The van der Waals surface area contributed by atoms with Gasteiger partial charge in [-0.15, -0.1) is 11.3 Å². The number of urea groups is 1. The van der Waals surface area contributed by atoms with Gasteiger partial charge in [-0.05, 0) is 31.7 Å². The molecule has 0 radical (unpaired) electrons. The molecule has 0 aromatic carbocycles. The second-order valence-corrected chi connectivity index (χ2v) is 5.71. The molecular weight excluding hydrogens is 264 g/mol. The van der Waals surface area contributed by atoms with E-state index >= 15 is 0 Å². The molecule has 19 heavy (non-hydrogen) atoms. The number of carbonyl (C=O) groups excluding carboxylic acids is 1. The van der Waals surface area contributed by atoms with E-state index in [1.54, 1.807) is 14.0 Å². The number of hydrogen-bond acceptors (Lipinski definition) is 4.